The number of anilines is 1. The van der Waals surface area contributed by atoms with Gasteiger partial charge in [-0.3, -0.25) is 4.79 Å². The van der Waals surface area contributed by atoms with Crippen LogP contribution in [-0.4, -0.2) is 26.7 Å². The molecule has 1 fully saturated rings. The molecule has 2 rings (SSSR count). The van der Waals surface area contributed by atoms with Crippen molar-refractivity contribution in [1.29, 1.82) is 0 Å². The van der Waals surface area contributed by atoms with Crippen molar-refractivity contribution in [3.05, 3.63) is 23.8 Å². The Hall–Kier alpha value is -1.75. The second kappa shape index (κ2) is 6.35. The molecule has 1 aromatic carbocycles. The fourth-order valence-electron chi connectivity index (χ4n) is 2.84. The van der Waals surface area contributed by atoms with E-state index < -0.39 is 5.41 Å². The number of carbonyl (C=O) groups is 1. The lowest BCUT2D eigenvalue weighted by Crippen LogP contribution is -2.42. The Bertz CT molecular complexity index is 514. The number of carbonyl (C=O) groups excluding carboxylic acids is 1. The molecular weight excluding hydrogens is 268 g/mol. The van der Waals surface area contributed by atoms with E-state index in [9.17, 15) is 4.79 Å². The van der Waals surface area contributed by atoms with Gasteiger partial charge in [0.2, 0.25) is 0 Å². The summed E-state index contributed by atoms with van der Waals surface area (Å²) in [5.41, 5.74) is 12.8. The number of esters is 1. The average molecular weight is 292 g/mol. The molecule has 1 aromatic rings. The monoisotopic (exact) mass is 292 g/mol. The lowest BCUT2D eigenvalue weighted by molar-refractivity contribution is -0.153. The maximum atomic E-state index is 12.3. The van der Waals surface area contributed by atoms with Gasteiger partial charge in [0.25, 0.3) is 0 Å². The average Bonchev–Trinajstić information content (AvgIpc) is 3.29. The minimum atomic E-state index is -0.656. The van der Waals surface area contributed by atoms with E-state index in [2.05, 4.69) is 0 Å². The van der Waals surface area contributed by atoms with Crippen LogP contribution >= 0.6 is 0 Å². The van der Waals surface area contributed by atoms with Gasteiger partial charge < -0.3 is 20.9 Å². The van der Waals surface area contributed by atoms with Crippen LogP contribution in [-0.2, 0) is 16.0 Å². The van der Waals surface area contributed by atoms with Gasteiger partial charge in [-0.1, -0.05) is 18.9 Å². The Morgan fingerprint density at radius 3 is 2.57 bits per heavy atom. The van der Waals surface area contributed by atoms with Gasteiger partial charge in [-0.05, 0) is 36.5 Å². The summed E-state index contributed by atoms with van der Waals surface area (Å²) in [6, 6.07) is 5.59. The van der Waals surface area contributed by atoms with Crippen molar-refractivity contribution in [2.75, 3.05) is 26.5 Å². The molecule has 0 saturated heterocycles. The molecule has 1 atom stereocenters. The van der Waals surface area contributed by atoms with Gasteiger partial charge >= 0.3 is 5.97 Å². The highest BCUT2D eigenvalue weighted by Gasteiger charge is 2.43. The van der Waals surface area contributed by atoms with Crippen molar-refractivity contribution in [3.63, 3.8) is 0 Å². The highest BCUT2D eigenvalue weighted by molar-refractivity contribution is 5.77. The van der Waals surface area contributed by atoms with Crippen molar-refractivity contribution in [2.24, 2.45) is 17.1 Å². The van der Waals surface area contributed by atoms with E-state index >= 15 is 0 Å². The second-order valence-electron chi connectivity index (χ2n) is 5.88. The van der Waals surface area contributed by atoms with Crippen molar-refractivity contribution >= 4 is 11.7 Å². The molecule has 0 radical (unpaired) electrons. The van der Waals surface area contributed by atoms with Gasteiger partial charge in [0, 0.05) is 6.54 Å². The van der Waals surface area contributed by atoms with Crippen molar-refractivity contribution in [2.45, 2.75) is 25.7 Å². The fourth-order valence-corrected chi connectivity index (χ4v) is 2.84. The van der Waals surface area contributed by atoms with Crippen LogP contribution in [0.1, 0.15) is 24.8 Å². The first-order chi connectivity index (χ1) is 10.0. The third-order valence-corrected chi connectivity index (χ3v) is 4.22. The molecular formula is C16H24N2O3. The van der Waals surface area contributed by atoms with Gasteiger partial charge in [0.05, 0.1) is 25.3 Å². The zero-order valence-corrected chi connectivity index (χ0v) is 12.7. The molecule has 0 aliphatic heterocycles. The summed E-state index contributed by atoms with van der Waals surface area (Å²) in [5, 5.41) is 0. The smallest absolute Gasteiger partial charge is 0.313 e. The fraction of sp³-hybridized carbons (Fsp3) is 0.562. The van der Waals surface area contributed by atoms with Crippen LogP contribution in [0.5, 0.6) is 5.75 Å². The Balaban J connectivity index is 2.24. The number of methoxy groups -OCH3 is 2. The molecule has 5 nitrogen and oxygen atoms in total. The van der Waals surface area contributed by atoms with E-state index in [1.165, 1.54) is 20.0 Å². The molecule has 0 heterocycles. The first kappa shape index (κ1) is 15.6. The molecule has 0 amide bonds. The molecule has 4 N–H and O–H groups in total. The molecule has 1 saturated carbocycles. The maximum absolute atomic E-state index is 12.3. The second-order valence-corrected chi connectivity index (χ2v) is 5.88. The molecule has 1 unspecified atom stereocenters. The van der Waals surface area contributed by atoms with Crippen LogP contribution in [0.4, 0.5) is 5.69 Å². The minimum absolute atomic E-state index is 0.230. The van der Waals surface area contributed by atoms with Gasteiger partial charge in [0.1, 0.15) is 5.75 Å². The number of nitrogens with two attached hydrogens (primary N) is 2. The van der Waals surface area contributed by atoms with Crippen LogP contribution in [0.25, 0.3) is 0 Å². The molecule has 21 heavy (non-hydrogen) atoms. The zero-order valence-electron chi connectivity index (χ0n) is 12.7. The Kier molecular flexibility index (Phi) is 4.73. The number of nitrogen functional groups attached to an aromatic ring is 1. The number of hydrogen-bond donors (Lipinski definition) is 2. The molecule has 116 valence electrons. The van der Waals surface area contributed by atoms with Crippen LogP contribution in [0, 0.1) is 11.3 Å². The first-order valence-electron chi connectivity index (χ1n) is 7.25. The molecule has 1 aliphatic carbocycles. The summed E-state index contributed by atoms with van der Waals surface area (Å²) >= 11 is 0. The highest BCUT2D eigenvalue weighted by Crippen LogP contribution is 2.42. The van der Waals surface area contributed by atoms with Crippen molar-refractivity contribution in [1.82, 2.24) is 0 Å². The number of ether oxygens (including phenoxy) is 2. The highest BCUT2D eigenvalue weighted by atomic mass is 16.5. The van der Waals surface area contributed by atoms with Crippen LogP contribution in [0.3, 0.4) is 0 Å². The van der Waals surface area contributed by atoms with E-state index in [0.29, 0.717) is 23.8 Å². The van der Waals surface area contributed by atoms with Crippen molar-refractivity contribution < 1.29 is 14.3 Å². The minimum Gasteiger partial charge on any atom is -0.495 e. The van der Waals surface area contributed by atoms with E-state index in [1.54, 1.807) is 7.11 Å². The Morgan fingerprint density at radius 2 is 2.10 bits per heavy atom. The first-order valence-corrected chi connectivity index (χ1v) is 7.25. The van der Waals surface area contributed by atoms with Gasteiger partial charge in [-0.25, -0.2) is 0 Å². The third-order valence-electron chi connectivity index (χ3n) is 4.22. The van der Waals surface area contributed by atoms with E-state index in [1.807, 2.05) is 18.2 Å². The summed E-state index contributed by atoms with van der Waals surface area (Å²) in [4.78, 5) is 12.3. The van der Waals surface area contributed by atoms with E-state index in [0.717, 1.165) is 12.0 Å². The third kappa shape index (κ3) is 3.47. The predicted octanol–water partition coefficient (Wildman–Crippen LogP) is 1.74. The van der Waals surface area contributed by atoms with Gasteiger partial charge in [0.15, 0.2) is 0 Å². The van der Waals surface area contributed by atoms with Gasteiger partial charge in [-0.2, -0.15) is 0 Å². The summed E-state index contributed by atoms with van der Waals surface area (Å²) in [7, 11) is 3.00. The largest absolute Gasteiger partial charge is 0.495 e. The molecule has 0 spiro atoms. The van der Waals surface area contributed by atoms with Crippen LogP contribution < -0.4 is 16.2 Å². The predicted molar refractivity (Wildman–Crippen MR) is 82.0 cm³/mol. The normalized spacial score (nSPS) is 17.1. The molecule has 0 bridgehead atoms. The Morgan fingerprint density at radius 1 is 1.38 bits per heavy atom. The summed E-state index contributed by atoms with van der Waals surface area (Å²) in [5.74, 6) is 0.992. The van der Waals surface area contributed by atoms with Crippen LogP contribution in [0.15, 0.2) is 18.2 Å². The number of rotatable bonds is 7. The summed E-state index contributed by atoms with van der Waals surface area (Å²) in [6.45, 7) is 0.280. The molecule has 5 heteroatoms. The topological polar surface area (TPSA) is 87.6 Å². The number of benzene rings is 1. The van der Waals surface area contributed by atoms with E-state index in [4.69, 9.17) is 20.9 Å². The Labute approximate surface area is 125 Å². The SMILES string of the molecule is COC(=O)C(CN)(Cc1ccc(OC)c(N)c1)CC1CC1. The standard InChI is InChI=1S/C16H24N2O3/c1-20-14-6-5-12(7-13(14)18)9-16(10-17,15(19)21-2)8-11-3-4-11/h5-7,11H,3-4,8-10,17-18H2,1-2H3. The van der Waals surface area contributed by atoms with Crippen LogP contribution in [0.2, 0.25) is 0 Å². The quantitative estimate of drug-likeness (QED) is 0.590. The number of hydrogen-bond acceptors (Lipinski definition) is 5. The maximum Gasteiger partial charge on any atom is 0.313 e. The molecule has 1 aliphatic rings. The lowest BCUT2D eigenvalue weighted by Gasteiger charge is -2.30. The zero-order chi connectivity index (χ0) is 15.5. The lowest BCUT2D eigenvalue weighted by atomic mass is 9.77. The van der Waals surface area contributed by atoms with Gasteiger partial charge in [-0.15, -0.1) is 0 Å². The summed E-state index contributed by atoms with van der Waals surface area (Å²) < 4.78 is 10.2. The molecule has 0 aromatic heterocycles. The van der Waals surface area contributed by atoms with Crippen molar-refractivity contribution in [3.8, 4) is 5.75 Å². The summed E-state index contributed by atoms with van der Waals surface area (Å²) in [6.07, 6.45) is 3.66. The van der Waals surface area contributed by atoms with E-state index in [-0.39, 0.29) is 12.5 Å².